The standard InChI is InChI=1S/C36H45N9O5S2/c1-21(2)31-34(49)39-23(4)36(50)44(5)15-16-45(18-25-11-12-29(52-25)26-13-14-37-43-26)19-30(46)40-27(17-24-9-7-6-8-10-24)35-41-28(20-51-35)33(48)38-22(3)32(47)42-31/h6-14,20-23,27,31H,15-19H2,1-5H3,(H,37,43)(H,38,48)(H,39,49)(H,40,46)(H,42,47)/t22-,23+,27-,31-/m0/s1. The molecule has 0 saturated carbocycles. The number of thiophene rings is 1. The van der Waals surface area contributed by atoms with Gasteiger partial charge in [0.1, 0.15) is 28.8 Å². The summed E-state index contributed by atoms with van der Waals surface area (Å²) in [4.78, 5) is 77.1. The van der Waals surface area contributed by atoms with Gasteiger partial charge in [0.05, 0.1) is 23.2 Å². The van der Waals surface area contributed by atoms with E-state index in [1.807, 2.05) is 53.4 Å². The summed E-state index contributed by atoms with van der Waals surface area (Å²) in [5.41, 5.74) is 1.98. The number of aromatic amines is 1. The Morgan fingerprint density at radius 2 is 1.65 bits per heavy atom. The molecule has 5 amide bonds. The fourth-order valence-corrected chi connectivity index (χ4v) is 7.60. The van der Waals surface area contributed by atoms with E-state index in [1.165, 1.54) is 23.2 Å². The van der Waals surface area contributed by atoms with Gasteiger partial charge in [0.2, 0.25) is 23.6 Å². The zero-order valence-corrected chi connectivity index (χ0v) is 31.5. The predicted octanol–water partition coefficient (Wildman–Crippen LogP) is 2.73. The van der Waals surface area contributed by atoms with E-state index >= 15 is 0 Å². The largest absolute Gasteiger partial charge is 0.345 e. The van der Waals surface area contributed by atoms with Crippen molar-refractivity contribution in [3.63, 3.8) is 0 Å². The highest BCUT2D eigenvalue weighted by molar-refractivity contribution is 7.15. The second-order valence-electron chi connectivity index (χ2n) is 13.2. The van der Waals surface area contributed by atoms with Gasteiger partial charge in [-0.05, 0) is 49.9 Å². The monoisotopic (exact) mass is 747 g/mol. The molecule has 276 valence electrons. The second kappa shape index (κ2) is 17.5. The maximum Gasteiger partial charge on any atom is 0.271 e. The lowest BCUT2D eigenvalue weighted by Crippen LogP contribution is -2.57. The third-order valence-electron chi connectivity index (χ3n) is 8.69. The van der Waals surface area contributed by atoms with Gasteiger partial charge in [-0.2, -0.15) is 5.10 Å². The number of hydrogen-bond acceptors (Lipinski definition) is 10. The molecule has 4 atom stereocenters. The fourth-order valence-electron chi connectivity index (χ4n) is 5.73. The first-order valence-electron chi connectivity index (χ1n) is 17.1. The summed E-state index contributed by atoms with van der Waals surface area (Å²) in [5.74, 6) is -2.52. The van der Waals surface area contributed by atoms with E-state index in [1.54, 1.807) is 50.7 Å². The molecular weight excluding hydrogens is 703 g/mol. The normalized spacial score (nSPS) is 22.0. The number of carbonyl (C=O) groups excluding carboxylic acids is 5. The lowest BCUT2D eigenvalue weighted by Gasteiger charge is -2.28. The number of rotatable bonds is 6. The molecule has 14 nitrogen and oxygen atoms in total. The molecule has 0 unspecified atom stereocenters. The number of benzene rings is 1. The van der Waals surface area contributed by atoms with E-state index in [9.17, 15) is 24.0 Å². The molecule has 0 spiro atoms. The number of likely N-dealkylation sites (N-methyl/N-ethyl adjacent to an activating group) is 1. The SMILES string of the molecule is CC(C)[C@@H]1NC(=O)[C@H](C)NC(=O)c2csc(n2)[C@H](Cc2ccccc2)NC(=O)CN(Cc2ccc(-c3ccn[nH]3)s2)CCN(C)C(=O)[C@@H](C)NC1=O. The van der Waals surface area contributed by atoms with Crippen LogP contribution in [0.3, 0.4) is 0 Å². The van der Waals surface area contributed by atoms with Crippen LogP contribution in [0.15, 0.2) is 60.1 Å². The number of aromatic nitrogens is 3. The van der Waals surface area contributed by atoms with Crippen LogP contribution in [0, 0.1) is 5.92 Å². The Morgan fingerprint density at radius 1 is 0.885 bits per heavy atom. The zero-order valence-electron chi connectivity index (χ0n) is 29.8. The zero-order chi connectivity index (χ0) is 37.4. The highest BCUT2D eigenvalue weighted by Crippen LogP contribution is 2.27. The third-order valence-corrected chi connectivity index (χ3v) is 10.8. The molecule has 2 bridgehead atoms. The van der Waals surface area contributed by atoms with E-state index in [0.29, 0.717) is 24.5 Å². The highest BCUT2D eigenvalue weighted by Gasteiger charge is 2.31. The van der Waals surface area contributed by atoms with E-state index in [0.717, 1.165) is 21.0 Å². The maximum absolute atomic E-state index is 13.8. The molecule has 0 fully saturated rings. The van der Waals surface area contributed by atoms with Crippen molar-refractivity contribution in [1.82, 2.24) is 46.2 Å². The molecule has 1 aliphatic heterocycles. The van der Waals surface area contributed by atoms with E-state index in [-0.39, 0.29) is 36.5 Å². The van der Waals surface area contributed by atoms with Crippen LogP contribution in [0.2, 0.25) is 0 Å². The Kier molecular flexibility index (Phi) is 12.9. The summed E-state index contributed by atoms with van der Waals surface area (Å²) in [7, 11) is 1.65. The number of amides is 5. The van der Waals surface area contributed by atoms with Crippen LogP contribution in [0.4, 0.5) is 0 Å². The van der Waals surface area contributed by atoms with Crippen LogP contribution in [0.1, 0.15) is 59.7 Å². The van der Waals surface area contributed by atoms with Gasteiger partial charge >= 0.3 is 0 Å². The van der Waals surface area contributed by atoms with Gasteiger partial charge in [-0.3, -0.25) is 34.0 Å². The van der Waals surface area contributed by atoms with Crippen molar-refractivity contribution in [3.05, 3.63) is 81.2 Å². The molecule has 4 heterocycles. The predicted molar refractivity (Wildman–Crippen MR) is 199 cm³/mol. The van der Waals surface area contributed by atoms with Crippen molar-refractivity contribution >= 4 is 52.2 Å². The first kappa shape index (κ1) is 38.3. The van der Waals surface area contributed by atoms with Gasteiger partial charge in [0.15, 0.2) is 0 Å². The minimum absolute atomic E-state index is 0.0248. The lowest BCUT2D eigenvalue weighted by molar-refractivity contribution is -0.136. The summed E-state index contributed by atoms with van der Waals surface area (Å²) in [6.45, 7) is 7.79. The van der Waals surface area contributed by atoms with Crippen LogP contribution < -0.4 is 21.3 Å². The summed E-state index contributed by atoms with van der Waals surface area (Å²) in [6, 6.07) is 12.2. The smallest absolute Gasteiger partial charge is 0.271 e. The molecule has 5 rings (SSSR count). The van der Waals surface area contributed by atoms with E-state index in [2.05, 4.69) is 36.4 Å². The van der Waals surface area contributed by atoms with Gasteiger partial charge in [-0.25, -0.2) is 4.98 Å². The van der Waals surface area contributed by atoms with E-state index in [4.69, 9.17) is 0 Å². The molecule has 5 N–H and O–H groups in total. The molecule has 16 heteroatoms. The Bertz CT molecular complexity index is 1840. The number of nitrogens with zero attached hydrogens (tertiary/aromatic N) is 4. The minimum Gasteiger partial charge on any atom is -0.345 e. The van der Waals surface area contributed by atoms with Crippen LogP contribution in [-0.4, -0.2) is 99.3 Å². The van der Waals surface area contributed by atoms with Crippen molar-refractivity contribution in [2.75, 3.05) is 26.7 Å². The Labute approximate surface area is 310 Å². The Morgan fingerprint density at radius 3 is 2.37 bits per heavy atom. The fraction of sp³-hybridized carbons (Fsp3) is 0.417. The second-order valence-corrected chi connectivity index (χ2v) is 15.3. The molecule has 3 aromatic heterocycles. The van der Waals surface area contributed by atoms with E-state index < -0.39 is 41.9 Å². The number of nitrogens with one attached hydrogen (secondary N) is 5. The molecule has 0 aliphatic carbocycles. The molecular formula is C36H45N9O5S2. The van der Waals surface area contributed by atoms with Crippen LogP contribution >= 0.6 is 22.7 Å². The topological polar surface area (TPSA) is 182 Å². The van der Waals surface area contributed by atoms with Crippen LogP contribution in [0.5, 0.6) is 0 Å². The molecule has 4 aromatic rings. The minimum atomic E-state index is -0.990. The molecule has 0 saturated heterocycles. The maximum atomic E-state index is 13.8. The first-order valence-corrected chi connectivity index (χ1v) is 18.8. The molecule has 1 aliphatic rings. The molecule has 1 aromatic carbocycles. The summed E-state index contributed by atoms with van der Waals surface area (Å²) in [6.07, 6.45) is 2.13. The van der Waals surface area contributed by atoms with Crippen LogP contribution in [0.25, 0.3) is 10.6 Å². The van der Waals surface area contributed by atoms with Crippen molar-refractivity contribution in [2.24, 2.45) is 5.92 Å². The van der Waals surface area contributed by atoms with Gasteiger partial charge in [-0.15, -0.1) is 22.7 Å². The van der Waals surface area contributed by atoms with Gasteiger partial charge in [-0.1, -0.05) is 44.2 Å². The van der Waals surface area contributed by atoms with Crippen molar-refractivity contribution in [1.29, 1.82) is 0 Å². The number of thiazole rings is 1. The summed E-state index contributed by atoms with van der Waals surface area (Å²) >= 11 is 2.83. The van der Waals surface area contributed by atoms with Crippen LogP contribution in [-0.2, 0) is 32.1 Å². The summed E-state index contributed by atoms with van der Waals surface area (Å²) in [5, 5.41) is 20.4. The molecule has 52 heavy (non-hydrogen) atoms. The Hall–Kier alpha value is -4.93. The average Bonchev–Trinajstić information content (AvgIpc) is 3.91. The highest BCUT2D eigenvalue weighted by atomic mass is 32.1. The van der Waals surface area contributed by atoms with Gasteiger partial charge < -0.3 is 26.2 Å². The summed E-state index contributed by atoms with van der Waals surface area (Å²) < 4.78 is 0. The van der Waals surface area contributed by atoms with Gasteiger partial charge in [0, 0.05) is 43.1 Å². The quantitative estimate of drug-likeness (QED) is 0.200. The Balaban J connectivity index is 1.44. The molecule has 0 radical (unpaired) electrons. The number of H-pyrrole nitrogens is 1. The van der Waals surface area contributed by atoms with Crippen molar-refractivity contribution < 1.29 is 24.0 Å². The number of fused-ring (bicyclic) bond motifs is 2. The van der Waals surface area contributed by atoms with Crippen molar-refractivity contribution in [3.8, 4) is 10.6 Å². The third kappa shape index (κ3) is 10.1. The number of carbonyl (C=O) groups is 5. The lowest BCUT2D eigenvalue weighted by atomic mass is 10.0. The van der Waals surface area contributed by atoms with Gasteiger partial charge in [0.25, 0.3) is 5.91 Å². The number of hydrogen-bond donors (Lipinski definition) is 5. The first-order chi connectivity index (χ1) is 24.9. The average molecular weight is 748 g/mol. The van der Waals surface area contributed by atoms with Crippen molar-refractivity contribution in [2.45, 2.75) is 64.8 Å².